The van der Waals surface area contributed by atoms with Crippen molar-refractivity contribution in [3.8, 4) is 5.75 Å². The highest BCUT2D eigenvalue weighted by atomic mass is 79.9. The van der Waals surface area contributed by atoms with Gasteiger partial charge in [-0.2, -0.15) is 0 Å². The molecule has 0 radical (unpaired) electrons. The molecule has 1 aliphatic rings. The summed E-state index contributed by atoms with van der Waals surface area (Å²) < 4.78 is 7.17. The van der Waals surface area contributed by atoms with Crippen LogP contribution in [-0.4, -0.2) is 11.2 Å². The molecule has 2 rings (SSSR count). The Morgan fingerprint density at radius 2 is 1.84 bits per heavy atom. The van der Waals surface area contributed by atoms with Crippen molar-refractivity contribution < 1.29 is 9.84 Å². The Bertz CT molecular complexity index is 421. The lowest BCUT2D eigenvalue weighted by atomic mass is 9.82. The second-order valence-electron chi connectivity index (χ2n) is 6.02. The normalized spacial score (nSPS) is 29.0. The third kappa shape index (κ3) is 3.96. The topological polar surface area (TPSA) is 29.5 Å². The summed E-state index contributed by atoms with van der Waals surface area (Å²) in [7, 11) is 0. The van der Waals surface area contributed by atoms with Gasteiger partial charge >= 0.3 is 0 Å². The molecular formula is C16H23BrO2. The molecule has 0 aromatic heterocycles. The zero-order valence-electron chi connectivity index (χ0n) is 11.9. The first-order chi connectivity index (χ1) is 8.95. The first-order valence-corrected chi connectivity index (χ1v) is 7.89. The van der Waals surface area contributed by atoms with E-state index in [-0.39, 0.29) is 6.10 Å². The number of hydrogen-bond donors (Lipinski definition) is 1. The van der Waals surface area contributed by atoms with Crippen molar-refractivity contribution in [2.45, 2.75) is 52.2 Å². The Balaban J connectivity index is 2.15. The lowest BCUT2D eigenvalue weighted by Crippen LogP contribution is -2.28. The number of aliphatic hydroxyl groups excluding tert-OH is 1. The van der Waals surface area contributed by atoms with E-state index < -0.39 is 6.10 Å². The van der Waals surface area contributed by atoms with E-state index in [1.807, 2.05) is 18.2 Å². The molecule has 1 saturated carbocycles. The summed E-state index contributed by atoms with van der Waals surface area (Å²) in [6.45, 7) is 6.37. The maximum atomic E-state index is 9.83. The lowest BCUT2D eigenvalue weighted by Gasteiger charge is -2.32. The zero-order valence-corrected chi connectivity index (χ0v) is 13.5. The number of ether oxygens (including phenoxy) is 1. The third-order valence-electron chi connectivity index (χ3n) is 3.85. The fraction of sp³-hybridized carbons (Fsp3) is 0.625. The molecule has 1 aliphatic carbocycles. The molecule has 3 heteroatoms. The number of halogens is 1. The van der Waals surface area contributed by atoms with E-state index in [4.69, 9.17) is 4.74 Å². The van der Waals surface area contributed by atoms with Crippen molar-refractivity contribution in [3.63, 3.8) is 0 Å². The summed E-state index contributed by atoms with van der Waals surface area (Å²) in [5, 5.41) is 9.83. The lowest BCUT2D eigenvalue weighted by molar-refractivity contribution is 0.0959. The van der Waals surface area contributed by atoms with E-state index >= 15 is 0 Å². The number of rotatable bonds is 3. The van der Waals surface area contributed by atoms with Gasteiger partial charge in [-0.05, 0) is 50.2 Å². The second kappa shape index (κ2) is 6.27. The van der Waals surface area contributed by atoms with Crippen molar-refractivity contribution in [1.82, 2.24) is 0 Å². The molecule has 2 unspecified atom stereocenters. The summed E-state index contributed by atoms with van der Waals surface area (Å²) in [6.07, 6.45) is 3.28. The third-order valence-corrected chi connectivity index (χ3v) is 4.35. The van der Waals surface area contributed by atoms with Gasteiger partial charge in [-0.15, -0.1) is 0 Å². The van der Waals surface area contributed by atoms with Gasteiger partial charge in [0.15, 0.2) is 0 Å². The van der Waals surface area contributed by atoms with Crippen LogP contribution in [0.2, 0.25) is 0 Å². The minimum absolute atomic E-state index is 0.269. The molecule has 0 saturated heterocycles. The van der Waals surface area contributed by atoms with Gasteiger partial charge in [0.1, 0.15) is 5.75 Å². The molecule has 1 N–H and O–H groups in total. The minimum atomic E-state index is -0.499. The number of hydrogen-bond acceptors (Lipinski definition) is 2. The fourth-order valence-electron chi connectivity index (χ4n) is 3.10. The van der Waals surface area contributed by atoms with Gasteiger partial charge in [0.2, 0.25) is 0 Å². The Labute approximate surface area is 124 Å². The predicted molar refractivity (Wildman–Crippen MR) is 81.4 cm³/mol. The van der Waals surface area contributed by atoms with E-state index in [1.165, 1.54) is 6.42 Å². The van der Waals surface area contributed by atoms with Crippen molar-refractivity contribution in [3.05, 3.63) is 28.2 Å². The standard InChI is InChI=1S/C16H23BrO2/c1-10-6-11(2)8-14(7-10)19-16-9-13(17)4-5-15(16)12(3)18/h4-5,9-12,14,18H,6-8H2,1-3H3/t10?,11?,12-,14?/m0/s1. The Hall–Kier alpha value is -0.540. The molecule has 0 aliphatic heterocycles. The molecule has 2 nitrogen and oxygen atoms in total. The number of benzene rings is 1. The summed E-state index contributed by atoms with van der Waals surface area (Å²) in [4.78, 5) is 0. The molecule has 0 amide bonds. The SMILES string of the molecule is CC1CC(C)CC(Oc2cc(Br)ccc2[C@H](C)O)C1. The maximum absolute atomic E-state index is 9.83. The van der Waals surface area contributed by atoms with Crippen LogP contribution in [0.25, 0.3) is 0 Å². The Kier molecular flexibility index (Phi) is 4.91. The van der Waals surface area contributed by atoms with Gasteiger partial charge in [-0.1, -0.05) is 35.8 Å². The van der Waals surface area contributed by atoms with Crippen LogP contribution in [0.4, 0.5) is 0 Å². The maximum Gasteiger partial charge on any atom is 0.126 e. The van der Waals surface area contributed by atoms with Crippen LogP contribution in [-0.2, 0) is 0 Å². The molecular weight excluding hydrogens is 304 g/mol. The van der Waals surface area contributed by atoms with Crippen LogP contribution >= 0.6 is 15.9 Å². The van der Waals surface area contributed by atoms with E-state index in [2.05, 4.69) is 29.8 Å². The first kappa shape index (κ1) is 14.9. The van der Waals surface area contributed by atoms with Crippen LogP contribution in [0.1, 0.15) is 51.7 Å². The van der Waals surface area contributed by atoms with Crippen LogP contribution in [0.15, 0.2) is 22.7 Å². The predicted octanol–water partition coefficient (Wildman–Crippen LogP) is 4.71. The molecule has 3 atom stereocenters. The van der Waals surface area contributed by atoms with E-state index in [0.717, 1.165) is 40.5 Å². The van der Waals surface area contributed by atoms with Crippen LogP contribution in [0, 0.1) is 11.8 Å². The van der Waals surface area contributed by atoms with Crippen LogP contribution < -0.4 is 4.74 Å². The van der Waals surface area contributed by atoms with Gasteiger partial charge in [0.05, 0.1) is 12.2 Å². The Morgan fingerprint density at radius 1 is 1.21 bits per heavy atom. The van der Waals surface area contributed by atoms with Gasteiger partial charge in [-0.25, -0.2) is 0 Å². The molecule has 19 heavy (non-hydrogen) atoms. The highest BCUT2D eigenvalue weighted by Crippen LogP contribution is 2.35. The number of aliphatic hydroxyl groups is 1. The molecule has 0 heterocycles. The fourth-order valence-corrected chi connectivity index (χ4v) is 3.44. The molecule has 1 fully saturated rings. The summed E-state index contributed by atoms with van der Waals surface area (Å²) in [5.74, 6) is 2.25. The second-order valence-corrected chi connectivity index (χ2v) is 6.93. The van der Waals surface area contributed by atoms with Crippen molar-refractivity contribution in [2.75, 3.05) is 0 Å². The molecule has 1 aromatic rings. The van der Waals surface area contributed by atoms with Crippen LogP contribution in [0.5, 0.6) is 5.75 Å². The zero-order chi connectivity index (χ0) is 14.0. The smallest absolute Gasteiger partial charge is 0.126 e. The van der Waals surface area contributed by atoms with Gasteiger partial charge < -0.3 is 9.84 Å². The summed E-state index contributed by atoms with van der Waals surface area (Å²) in [5.41, 5.74) is 0.870. The highest BCUT2D eigenvalue weighted by molar-refractivity contribution is 9.10. The van der Waals surface area contributed by atoms with Gasteiger partial charge in [0.25, 0.3) is 0 Å². The highest BCUT2D eigenvalue weighted by Gasteiger charge is 2.26. The van der Waals surface area contributed by atoms with Crippen molar-refractivity contribution >= 4 is 15.9 Å². The monoisotopic (exact) mass is 326 g/mol. The molecule has 106 valence electrons. The molecule has 0 bridgehead atoms. The summed E-state index contributed by atoms with van der Waals surface area (Å²) >= 11 is 3.47. The van der Waals surface area contributed by atoms with E-state index in [1.54, 1.807) is 6.92 Å². The molecule has 0 spiro atoms. The largest absolute Gasteiger partial charge is 0.490 e. The van der Waals surface area contributed by atoms with Crippen LogP contribution in [0.3, 0.4) is 0 Å². The van der Waals surface area contributed by atoms with Gasteiger partial charge in [0, 0.05) is 10.0 Å². The van der Waals surface area contributed by atoms with E-state index in [0.29, 0.717) is 0 Å². The average Bonchev–Trinajstić information content (AvgIpc) is 2.26. The van der Waals surface area contributed by atoms with Crippen molar-refractivity contribution in [2.24, 2.45) is 11.8 Å². The molecule has 1 aromatic carbocycles. The average molecular weight is 327 g/mol. The summed E-state index contributed by atoms with van der Waals surface area (Å²) in [6, 6.07) is 5.84. The quantitative estimate of drug-likeness (QED) is 0.871. The minimum Gasteiger partial charge on any atom is -0.490 e. The van der Waals surface area contributed by atoms with Crippen molar-refractivity contribution in [1.29, 1.82) is 0 Å². The Morgan fingerprint density at radius 3 is 2.42 bits per heavy atom. The van der Waals surface area contributed by atoms with Gasteiger partial charge in [-0.3, -0.25) is 0 Å². The van der Waals surface area contributed by atoms with E-state index in [9.17, 15) is 5.11 Å². The first-order valence-electron chi connectivity index (χ1n) is 7.10.